The number of alkyl halides is 1. The zero-order valence-electron chi connectivity index (χ0n) is 21.7. The normalized spacial score (nSPS) is 12.3. The average Bonchev–Trinajstić information content (AvgIpc) is 2.92. The van der Waals surface area contributed by atoms with Gasteiger partial charge in [-0.1, -0.05) is 34.7 Å². The Kier molecular flexibility index (Phi) is 12.5. The number of carbonyl (C=O) groups is 4. The molecule has 0 spiro atoms. The second kappa shape index (κ2) is 15.8. The van der Waals surface area contributed by atoms with E-state index < -0.39 is 17.3 Å². The Hall–Kier alpha value is -2.67. The van der Waals surface area contributed by atoms with Crippen LogP contribution in [0.5, 0.6) is 11.5 Å². The molecule has 0 aliphatic heterocycles. The molecule has 39 heavy (non-hydrogen) atoms. The van der Waals surface area contributed by atoms with E-state index in [0.29, 0.717) is 63.3 Å². The molecule has 0 saturated carbocycles. The molecule has 0 saturated heterocycles. The molecule has 0 amide bonds. The molecular formula is C29H33IO9. The van der Waals surface area contributed by atoms with Crippen molar-refractivity contribution >= 4 is 45.7 Å². The predicted molar refractivity (Wildman–Crippen MR) is 151 cm³/mol. The smallest absolute Gasteiger partial charge is 0.201 e. The summed E-state index contributed by atoms with van der Waals surface area (Å²) in [7, 11) is 0. The molecule has 0 atom stereocenters. The molecule has 0 aromatic heterocycles. The van der Waals surface area contributed by atoms with Crippen LogP contribution in [0.2, 0.25) is 0 Å². The fourth-order valence-corrected chi connectivity index (χ4v) is 4.59. The highest BCUT2D eigenvalue weighted by atomic mass is 127. The fourth-order valence-electron chi connectivity index (χ4n) is 4.21. The molecule has 0 unspecified atom stereocenters. The molecular weight excluding hydrogens is 619 g/mol. The monoisotopic (exact) mass is 652 g/mol. The molecule has 3 rings (SSSR count). The van der Waals surface area contributed by atoms with Gasteiger partial charge >= 0.3 is 0 Å². The van der Waals surface area contributed by atoms with Crippen LogP contribution in [0.15, 0.2) is 30.3 Å². The number of rotatable bonds is 18. The third-order valence-corrected chi connectivity index (χ3v) is 7.11. The van der Waals surface area contributed by atoms with Gasteiger partial charge in [0.1, 0.15) is 17.3 Å². The number of Topliss-reactive ketones (excluding diaryl/α,β-unsaturated/α-hetero) is 2. The summed E-state index contributed by atoms with van der Waals surface area (Å²) in [4.78, 5) is 49.7. The predicted octanol–water partition coefficient (Wildman–Crippen LogP) is 4.45. The van der Waals surface area contributed by atoms with Gasteiger partial charge < -0.3 is 24.4 Å². The van der Waals surface area contributed by atoms with Gasteiger partial charge in [-0.2, -0.15) is 0 Å². The number of phenols is 2. The quantitative estimate of drug-likeness (QED) is 0.0884. The lowest BCUT2D eigenvalue weighted by molar-refractivity contribution is -0.116. The highest BCUT2D eigenvalue weighted by Gasteiger charge is 2.34. The number of aromatic hydroxyl groups is 2. The minimum absolute atomic E-state index is 0.0430. The molecule has 10 heteroatoms. The summed E-state index contributed by atoms with van der Waals surface area (Å²) >= 11 is 2.07. The Balaban J connectivity index is 1.30. The van der Waals surface area contributed by atoms with Crippen LogP contribution in [0.1, 0.15) is 80.7 Å². The lowest BCUT2D eigenvalue weighted by atomic mass is 9.82. The number of phenolic OH excluding ortho intramolecular Hbond substituents is 2. The number of hydrogen-bond acceptors (Lipinski definition) is 9. The van der Waals surface area contributed by atoms with Crippen molar-refractivity contribution in [2.75, 3.05) is 44.1 Å². The lowest BCUT2D eigenvalue weighted by Gasteiger charge is -2.20. The molecule has 0 radical (unpaired) electrons. The summed E-state index contributed by atoms with van der Waals surface area (Å²) in [5.74, 6) is -1.95. The van der Waals surface area contributed by atoms with E-state index in [1.165, 1.54) is 30.3 Å². The molecule has 1 aliphatic rings. The van der Waals surface area contributed by atoms with Crippen LogP contribution < -0.4 is 0 Å². The summed E-state index contributed by atoms with van der Waals surface area (Å²) in [6, 6.07) is 6.74. The largest absolute Gasteiger partial charge is 0.507 e. The second-order valence-corrected chi connectivity index (χ2v) is 9.89. The van der Waals surface area contributed by atoms with E-state index in [2.05, 4.69) is 22.6 Å². The van der Waals surface area contributed by atoms with Gasteiger partial charge in [-0.05, 0) is 43.9 Å². The third-order valence-electron chi connectivity index (χ3n) is 6.26. The van der Waals surface area contributed by atoms with Crippen LogP contribution >= 0.6 is 22.6 Å². The zero-order chi connectivity index (χ0) is 28.2. The molecule has 2 N–H and O–H groups in total. The highest BCUT2D eigenvalue weighted by Crippen LogP contribution is 2.37. The maximum absolute atomic E-state index is 12.9. The van der Waals surface area contributed by atoms with Crippen LogP contribution in [0.4, 0.5) is 0 Å². The Bertz CT molecular complexity index is 1190. The van der Waals surface area contributed by atoms with E-state index in [0.717, 1.165) is 12.8 Å². The first kappa shape index (κ1) is 30.9. The van der Waals surface area contributed by atoms with Crippen molar-refractivity contribution in [3.63, 3.8) is 0 Å². The van der Waals surface area contributed by atoms with Crippen molar-refractivity contribution in [3.8, 4) is 11.5 Å². The van der Waals surface area contributed by atoms with Gasteiger partial charge in [-0.3, -0.25) is 19.2 Å². The van der Waals surface area contributed by atoms with Crippen molar-refractivity contribution in [1.82, 2.24) is 0 Å². The Morgan fingerprint density at radius 2 is 1.28 bits per heavy atom. The van der Waals surface area contributed by atoms with Crippen molar-refractivity contribution in [3.05, 3.63) is 58.1 Å². The molecule has 1 aliphatic carbocycles. The van der Waals surface area contributed by atoms with Gasteiger partial charge in [-0.15, -0.1) is 0 Å². The van der Waals surface area contributed by atoms with Crippen LogP contribution in [-0.4, -0.2) is 77.4 Å². The molecule has 9 nitrogen and oxygen atoms in total. The zero-order valence-corrected chi connectivity index (χ0v) is 23.9. The standard InChI is InChI=1S/C29H33IO9/c30-18-20(31)6-1-3-10-37-12-14-39-15-13-38-11-4-2-8-23(32)19-16-22-27(25(34)17-19)29(36)26-21(28(22)35)7-5-9-24(26)33/h5,7,9,16-17,33-34H,1-4,6,8,10-15,18H2. The molecule has 0 heterocycles. The Morgan fingerprint density at radius 1 is 0.692 bits per heavy atom. The number of halogens is 1. The lowest BCUT2D eigenvalue weighted by Crippen LogP contribution is -2.22. The van der Waals surface area contributed by atoms with E-state index >= 15 is 0 Å². The van der Waals surface area contributed by atoms with Crippen molar-refractivity contribution in [1.29, 1.82) is 0 Å². The number of benzene rings is 2. The SMILES string of the molecule is O=C(CI)CCCCOCCOCCOCCCCC(=O)c1cc(O)c2c(c1)C(=O)c1cccc(O)c1C2=O. The van der Waals surface area contributed by atoms with Gasteiger partial charge in [0, 0.05) is 42.7 Å². The van der Waals surface area contributed by atoms with Crippen molar-refractivity contribution in [2.24, 2.45) is 0 Å². The van der Waals surface area contributed by atoms with Gasteiger partial charge in [0.2, 0.25) is 5.78 Å². The first-order chi connectivity index (χ1) is 18.8. The van der Waals surface area contributed by atoms with Gasteiger partial charge in [-0.25, -0.2) is 0 Å². The van der Waals surface area contributed by atoms with E-state index in [1.807, 2.05) is 0 Å². The van der Waals surface area contributed by atoms with Gasteiger partial charge in [0.05, 0.1) is 42.0 Å². The fraction of sp³-hybridized carbons (Fsp3) is 0.448. The number of fused-ring (bicyclic) bond motifs is 2. The summed E-state index contributed by atoms with van der Waals surface area (Å²) in [5, 5.41) is 20.5. The Morgan fingerprint density at radius 3 is 1.92 bits per heavy atom. The minimum Gasteiger partial charge on any atom is -0.507 e. The molecule has 210 valence electrons. The maximum atomic E-state index is 12.9. The molecule has 2 aromatic carbocycles. The first-order valence-electron chi connectivity index (χ1n) is 13.0. The van der Waals surface area contributed by atoms with Gasteiger partial charge in [0.25, 0.3) is 0 Å². The second-order valence-electron chi connectivity index (χ2n) is 9.12. The topological polar surface area (TPSA) is 136 Å². The number of carbonyl (C=O) groups excluding carboxylic acids is 4. The molecule has 0 fully saturated rings. The van der Waals surface area contributed by atoms with Crippen LogP contribution in [0.3, 0.4) is 0 Å². The number of ketones is 4. The number of unbranched alkanes of at least 4 members (excludes halogenated alkanes) is 2. The number of hydrogen-bond donors (Lipinski definition) is 2. The highest BCUT2D eigenvalue weighted by molar-refractivity contribution is 14.1. The summed E-state index contributed by atoms with van der Waals surface area (Å²) in [5.41, 5.74) is -0.190. The molecule has 0 bridgehead atoms. The van der Waals surface area contributed by atoms with Crippen molar-refractivity contribution in [2.45, 2.75) is 38.5 Å². The van der Waals surface area contributed by atoms with E-state index in [4.69, 9.17) is 14.2 Å². The minimum atomic E-state index is -0.654. The maximum Gasteiger partial charge on any atom is 0.201 e. The van der Waals surface area contributed by atoms with E-state index in [9.17, 15) is 29.4 Å². The Labute approximate surface area is 241 Å². The van der Waals surface area contributed by atoms with E-state index in [1.54, 1.807) is 0 Å². The van der Waals surface area contributed by atoms with Crippen LogP contribution in [0, 0.1) is 0 Å². The van der Waals surface area contributed by atoms with E-state index in [-0.39, 0.29) is 51.6 Å². The summed E-state index contributed by atoms with van der Waals surface area (Å²) in [6.07, 6.45) is 3.71. The number of ether oxygens (including phenoxy) is 3. The third kappa shape index (κ3) is 8.66. The summed E-state index contributed by atoms with van der Waals surface area (Å²) in [6.45, 7) is 2.91. The summed E-state index contributed by atoms with van der Waals surface area (Å²) < 4.78 is 17.0. The average molecular weight is 652 g/mol. The first-order valence-corrected chi connectivity index (χ1v) is 14.5. The van der Waals surface area contributed by atoms with Gasteiger partial charge in [0.15, 0.2) is 11.6 Å². The van der Waals surface area contributed by atoms with Crippen molar-refractivity contribution < 1.29 is 43.6 Å². The van der Waals surface area contributed by atoms with Crippen LogP contribution in [-0.2, 0) is 19.0 Å². The van der Waals surface area contributed by atoms with Crippen LogP contribution in [0.25, 0.3) is 0 Å². The molecule has 2 aromatic rings.